The van der Waals surface area contributed by atoms with Gasteiger partial charge in [-0.05, 0) is 69.2 Å². The lowest BCUT2D eigenvalue weighted by Crippen LogP contribution is -2.39. The lowest BCUT2D eigenvalue weighted by molar-refractivity contribution is -0.587. The molecule has 7 aromatic carbocycles. The molecule has 0 bridgehead atoms. The molecule has 0 fully saturated rings. The highest BCUT2D eigenvalue weighted by Gasteiger charge is 2.54. The molecule has 0 saturated carbocycles. The molecule has 3 nitrogen and oxygen atoms in total. The fourth-order valence-corrected chi connectivity index (χ4v) is 8.83. The normalized spacial score (nSPS) is 15.3. The minimum absolute atomic E-state index is 0.569. The van der Waals surface area contributed by atoms with Crippen LogP contribution in [0, 0.1) is 0 Å². The van der Waals surface area contributed by atoms with E-state index in [2.05, 4.69) is 191 Å². The number of fused-ring (bicyclic) bond motifs is 12. The van der Waals surface area contributed by atoms with Crippen molar-refractivity contribution >= 4 is 21.8 Å². The first-order valence-electron chi connectivity index (χ1n) is 17.2. The van der Waals surface area contributed by atoms with E-state index in [-0.39, 0.29) is 0 Å². The molecule has 50 heavy (non-hydrogen) atoms. The number of rotatable bonds is 3. The van der Waals surface area contributed by atoms with Crippen LogP contribution in [0.25, 0.3) is 67.0 Å². The second-order valence-electron chi connectivity index (χ2n) is 13.3. The van der Waals surface area contributed by atoms with Gasteiger partial charge >= 0.3 is 5.82 Å². The molecule has 11 rings (SSSR count). The lowest BCUT2D eigenvalue weighted by Gasteiger charge is -2.38. The van der Waals surface area contributed by atoms with E-state index in [1.165, 1.54) is 66.4 Å². The molecule has 1 aliphatic carbocycles. The van der Waals surface area contributed by atoms with E-state index in [1.807, 2.05) is 0 Å². The number of hydrogen-bond acceptors (Lipinski definition) is 1. The van der Waals surface area contributed by atoms with Gasteiger partial charge in [-0.2, -0.15) is 4.57 Å². The number of nitrogens with zero attached hydrogens (tertiary/aromatic N) is 3. The Kier molecular flexibility index (Phi) is 5.59. The standard InChI is InChI=1S/C47H30N3/c1-3-14-31(15-4-1)32-26-28-34(29-27-32)49-30-41-44(48-46(49)33-16-5-2-6-17-33)37-19-7-9-21-38(37)47(41)39-22-10-12-25-43(39)50-42-24-11-8-18-35(42)36-20-13-23-40(47)45(36)50/h1-30H/q+1. The first-order valence-corrected chi connectivity index (χ1v) is 17.2. The van der Waals surface area contributed by atoms with Crippen molar-refractivity contribution in [1.82, 2.24) is 9.55 Å². The van der Waals surface area contributed by atoms with E-state index in [9.17, 15) is 0 Å². The average Bonchev–Trinajstić information content (AvgIpc) is 3.68. The third-order valence-electron chi connectivity index (χ3n) is 10.9. The molecule has 9 aromatic rings. The van der Waals surface area contributed by atoms with Crippen LogP contribution >= 0.6 is 0 Å². The summed E-state index contributed by atoms with van der Waals surface area (Å²) >= 11 is 0. The zero-order valence-corrected chi connectivity index (χ0v) is 27.2. The Labute approximate surface area is 290 Å². The van der Waals surface area contributed by atoms with Gasteiger partial charge in [0.25, 0.3) is 0 Å². The predicted molar refractivity (Wildman–Crippen MR) is 202 cm³/mol. The van der Waals surface area contributed by atoms with Crippen LogP contribution in [-0.2, 0) is 5.41 Å². The molecule has 1 unspecified atom stereocenters. The van der Waals surface area contributed by atoms with Crippen molar-refractivity contribution in [2.75, 3.05) is 0 Å². The topological polar surface area (TPSA) is 21.7 Å². The van der Waals surface area contributed by atoms with Gasteiger partial charge in [-0.15, -0.1) is 0 Å². The van der Waals surface area contributed by atoms with Gasteiger partial charge in [0.15, 0.2) is 5.69 Å². The molecule has 1 spiro atoms. The van der Waals surface area contributed by atoms with Crippen LogP contribution in [0.5, 0.6) is 0 Å². The van der Waals surface area contributed by atoms with Gasteiger partial charge in [-0.25, -0.2) is 0 Å². The highest BCUT2D eigenvalue weighted by atomic mass is 15.1. The van der Waals surface area contributed by atoms with Crippen LogP contribution < -0.4 is 4.57 Å². The monoisotopic (exact) mass is 636 g/mol. The Bertz CT molecular complexity index is 2800. The van der Waals surface area contributed by atoms with Gasteiger partial charge in [0.05, 0.1) is 33.3 Å². The molecule has 1 aliphatic heterocycles. The van der Waals surface area contributed by atoms with Crippen LogP contribution in [-0.4, -0.2) is 9.55 Å². The van der Waals surface area contributed by atoms with Crippen molar-refractivity contribution in [3.05, 3.63) is 204 Å². The number of benzene rings is 7. The van der Waals surface area contributed by atoms with Crippen molar-refractivity contribution in [2.24, 2.45) is 0 Å². The number of para-hydroxylation sites is 3. The molecule has 3 heterocycles. The number of hydrogen-bond donors (Lipinski definition) is 0. The summed E-state index contributed by atoms with van der Waals surface area (Å²) in [5.74, 6) is 0.917. The minimum Gasteiger partial charge on any atom is -0.309 e. The molecule has 0 saturated heterocycles. The molecule has 0 N–H and O–H groups in total. The van der Waals surface area contributed by atoms with E-state index < -0.39 is 5.41 Å². The zero-order valence-electron chi connectivity index (χ0n) is 27.2. The highest BCUT2D eigenvalue weighted by Crippen LogP contribution is 2.60. The van der Waals surface area contributed by atoms with Gasteiger partial charge in [-0.1, -0.05) is 140 Å². The zero-order chi connectivity index (χ0) is 32.8. The van der Waals surface area contributed by atoms with E-state index in [0.717, 1.165) is 22.8 Å². The molecule has 232 valence electrons. The Morgan fingerprint density at radius 1 is 0.460 bits per heavy atom. The fraction of sp³-hybridized carbons (Fsp3) is 0.0213. The van der Waals surface area contributed by atoms with Crippen molar-refractivity contribution in [3.63, 3.8) is 0 Å². The lowest BCUT2D eigenvalue weighted by atomic mass is 9.66. The number of aromatic nitrogens is 3. The molecule has 1 atom stereocenters. The summed E-state index contributed by atoms with van der Waals surface area (Å²) in [4.78, 5) is 5.66. The summed E-state index contributed by atoms with van der Waals surface area (Å²) in [6.45, 7) is 0. The fourth-order valence-electron chi connectivity index (χ4n) is 8.83. The van der Waals surface area contributed by atoms with Crippen molar-refractivity contribution in [3.8, 4) is 45.1 Å². The first kappa shape index (κ1) is 27.4. The maximum atomic E-state index is 5.66. The second kappa shape index (κ2) is 10.2. The van der Waals surface area contributed by atoms with Gasteiger partial charge in [0.2, 0.25) is 0 Å². The molecular weight excluding hydrogens is 607 g/mol. The van der Waals surface area contributed by atoms with Crippen LogP contribution in [0.1, 0.15) is 22.3 Å². The summed E-state index contributed by atoms with van der Waals surface area (Å²) in [6.07, 6.45) is 2.39. The Morgan fingerprint density at radius 2 is 1.08 bits per heavy atom. The van der Waals surface area contributed by atoms with E-state index in [0.29, 0.717) is 0 Å². The van der Waals surface area contributed by atoms with Gasteiger partial charge < -0.3 is 4.57 Å². The van der Waals surface area contributed by atoms with Crippen LogP contribution in [0.4, 0.5) is 0 Å². The largest absolute Gasteiger partial charge is 0.336 e. The predicted octanol–water partition coefficient (Wildman–Crippen LogP) is 10.5. The summed E-state index contributed by atoms with van der Waals surface area (Å²) in [6, 6.07) is 63.7. The maximum Gasteiger partial charge on any atom is 0.336 e. The molecule has 2 aliphatic rings. The smallest absolute Gasteiger partial charge is 0.309 e. The SMILES string of the molecule is c1ccc(-c2ccc(-[n+]3cc4c(nc3-c3ccccc3)-c3ccccc3C43c4ccccc4-n4c5ccccc5c5cccc3c54)cc2)cc1. The van der Waals surface area contributed by atoms with Crippen molar-refractivity contribution in [2.45, 2.75) is 5.41 Å². The Balaban J connectivity index is 1.27. The van der Waals surface area contributed by atoms with Crippen molar-refractivity contribution in [1.29, 1.82) is 0 Å². The third kappa shape index (κ3) is 3.53. The molecule has 0 amide bonds. The van der Waals surface area contributed by atoms with E-state index in [4.69, 9.17) is 4.98 Å². The second-order valence-corrected chi connectivity index (χ2v) is 13.3. The van der Waals surface area contributed by atoms with Gasteiger partial charge in [-0.3, -0.25) is 0 Å². The summed E-state index contributed by atoms with van der Waals surface area (Å²) in [5.41, 5.74) is 14.9. The summed E-state index contributed by atoms with van der Waals surface area (Å²) < 4.78 is 4.80. The van der Waals surface area contributed by atoms with Gasteiger partial charge in [0, 0.05) is 16.3 Å². The molecule has 0 radical (unpaired) electrons. The van der Waals surface area contributed by atoms with Crippen LogP contribution in [0.15, 0.2) is 182 Å². The Morgan fingerprint density at radius 3 is 1.90 bits per heavy atom. The van der Waals surface area contributed by atoms with E-state index >= 15 is 0 Å². The highest BCUT2D eigenvalue weighted by molar-refractivity contribution is 6.12. The van der Waals surface area contributed by atoms with Crippen molar-refractivity contribution < 1.29 is 4.57 Å². The minimum atomic E-state index is -0.569. The summed E-state index contributed by atoms with van der Waals surface area (Å²) in [5, 5.41) is 2.55. The molecule has 3 heteroatoms. The van der Waals surface area contributed by atoms with E-state index in [1.54, 1.807) is 0 Å². The maximum absolute atomic E-state index is 5.66. The van der Waals surface area contributed by atoms with Crippen LogP contribution in [0.2, 0.25) is 0 Å². The average molecular weight is 637 g/mol. The summed E-state index contributed by atoms with van der Waals surface area (Å²) in [7, 11) is 0. The quantitative estimate of drug-likeness (QED) is 0.177. The Hall–Kier alpha value is -6.58. The van der Waals surface area contributed by atoms with Gasteiger partial charge in [0.1, 0.15) is 11.9 Å². The first-order chi connectivity index (χ1) is 24.8. The molecule has 2 aromatic heterocycles. The molecular formula is C47H30N3+. The third-order valence-corrected chi connectivity index (χ3v) is 10.9. The van der Waals surface area contributed by atoms with Crippen LogP contribution in [0.3, 0.4) is 0 Å².